The van der Waals surface area contributed by atoms with Crippen LogP contribution < -0.4 is 15.5 Å². The SMILES string of the molecule is COc1ccc(C(=O)NC(C(=O)NN=Cc2ccc(O)c([N+](=O)[O-])c2)C(C)C)cc1. The molecule has 0 saturated carbocycles. The number of nitrogens with zero attached hydrogens (tertiary/aromatic N) is 2. The van der Waals surface area contributed by atoms with E-state index in [1.54, 1.807) is 38.1 Å². The van der Waals surface area contributed by atoms with Gasteiger partial charge in [-0.3, -0.25) is 19.7 Å². The number of carbonyl (C=O) groups is 2. The fourth-order valence-electron chi connectivity index (χ4n) is 2.51. The number of nitro benzene ring substituents is 1. The van der Waals surface area contributed by atoms with Crippen molar-refractivity contribution in [3.8, 4) is 11.5 Å². The van der Waals surface area contributed by atoms with E-state index < -0.39 is 34.2 Å². The van der Waals surface area contributed by atoms with Crippen LogP contribution in [0.2, 0.25) is 0 Å². The highest BCUT2D eigenvalue weighted by atomic mass is 16.6. The quantitative estimate of drug-likeness (QED) is 0.343. The lowest BCUT2D eigenvalue weighted by Gasteiger charge is -2.20. The molecule has 10 heteroatoms. The van der Waals surface area contributed by atoms with Crippen molar-refractivity contribution in [2.75, 3.05) is 7.11 Å². The Hall–Kier alpha value is -3.95. The van der Waals surface area contributed by atoms with Crippen LogP contribution in [0.4, 0.5) is 5.69 Å². The van der Waals surface area contributed by atoms with Gasteiger partial charge in [0.25, 0.3) is 11.8 Å². The molecule has 0 aliphatic heterocycles. The number of phenolic OH excluding ortho intramolecular Hbond substituents is 1. The number of nitro groups is 1. The number of benzene rings is 2. The molecule has 158 valence electrons. The summed E-state index contributed by atoms with van der Waals surface area (Å²) in [5, 5.41) is 26.8. The fraction of sp³-hybridized carbons (Fsp3) is 0.250. The van der Waals surface area contributed by atoms with Crippen LogP contribution in [0.3, 0.4) is 0 Å². The predicted octanol–water partition coefficient (Wildman–Crippen LogP) is 2.21. The lowest BCUT2D eigenvalue weighted by molar-refractivity contribution is -0.385. The summed E-state index contributed by atoms with van der Waals surface area (Å²) in [6.45, 7) is 3.54. The van der Waals surface area contributed by atoms with Gasteiger partial charge in [0, 0.05) is 17.2 Å². The number of aromatic hydroxyl groups is 1. The molecule has 0 heterocycles. The molecule has 0 aliphatic carbocycles. The summed E-state index contributed by atoms with van der Waals surface area (Å²) >= 11 is 0. The first-order chi connectivity index (χ1) is 14.2. The van der Waals surface area contributed by atoms with Crippen LogP contribution in [0.15, 0.2) is 47.6 Å². The van der Waals surface area contributed by atoms with Gasteiger partial charge in [-0.15, -0.1) is 0 Å². The zero-order valence-corrected chi connectivity index (χ0v) is 16.7. The normalized spacial score (nSPS) is 11.9. The van der Waals surface area contributed by atoms with Gasteiger partial charge < -0.3 is 15.2 Å². The van der Waals surface area contributed by atoms with E-state index in [0.717, 1.165) is 12.1 Å². The minimum Gasteiger partial charge on any atom is -0.502 e. The van der Waals surface area contributed by atoms with Crippen molar-refractivity contribution in [1.29, 1.82) is 0 Å². The molecule has 0 aromatic heterocycles. The third kappa shape index (κ3) is 5.77. The number of methoxy groups -OCH3 is 1. The molecule has 0 bridgehead atoms. The Kier molecular flexibility index (Phi) is 7.45. The van der Waals surface area contributed by atoms with E-state index in [-0.39, 0.29) is 5.92 Å². The van der Waals surface area contributed by atoms with Gasteiger partial charge in [-0.1, -0.05) is 13.8 Å². The first kappa shape index (κ1) is 22.3. The van der Waals surface area contributed by atoms with Crippen LogP contribution in [0.25, 0.3) is 0 Å². The molecule has 10 nitrogen and oxygen atoms in total. The van der Waals surface area contributed by atoms with Gasteiger partial charge in [0.1, 0.15) is 11.8 Å². The van der Waals surface area contributed by atoms with Gasteiger partial charge in [0.2, 0.25) is 0 Å². The third-order valence-corrected chi connectivity index (χ3v) is 4.17. The number of rotatable bonds is 8. The molecule has 0 spiro atoms. The van der Waals surface area contributed by atoms with Crippen LogP contribution in [0, 0.1) is 16.0 Å². The van der Waals surface area contributed by atoms with E-state index in [9.17, 15) is 24.8 Å². The highest BCUT2D eigenvalue weighted by Crippen LogP contribution is 2.25. The summed E-state index contributed by atoms with van der Waals surface area (Å²) in [4.78, 5) is 35.0. The van der Waals surface area contributed by atoms with E-state index in [1.807, 2.05) is 0 Å². The van der Waals surface area contributed by atoms with E-state index in [0.29, 0.717) is 16.9 Å². The number of hydrogen-bond acceptors (Lipinski definition) is 7. The van der Waals surface area contributed by atoms with Crippen molar-refractivity contribution in [3.63, 3.8) is 0 Å². The van der Waals surface area contributed by atoms with Gasteiger partial charge in [-0.05, 0) is 42.3 Å². The molecular formula is C20H22N4O6. The Balaban J connectivity index is 2.04. The highest BCUT2D eigenvalue weighted by Gasteiger charge is 2.24. The fourth-order valence-corrected chi connectivity index (χ4v) is 2.51. The number of nitrogens with one attached hydrogen (secondary N) is 2. The summed E-state index contributed by atoms with van der Waals surface area (Å²) in [5.41, 5.74) is 2.52. The van der Waals surface area contributed by atoms with Gasteiger partial charge >= 0.3 is 5.69 Å². The van der Waals surface area contributed by atoms with E-state index in [2.05, 4.69) is 15.8 Å². The van der Waals surface area contributed by atoms with Crippen molar-refractivity contribution in [3.05, 3.63) is 63.7 Å². The van der Waals surface area contributed by atoms with Gasteiger partial charge in [0.05, 0.1) is 18.2 Å². The lowest BCUT2D eigenvalue weighted by Crippen LogP contribution is -2.48. The van der Waals surface area contributed by atoms with Crippen molar-refractivity contribution >= 4 is 23.7 Å². The third-order valence-electron chi connectivity index (χ3n) is 4.17. The number of phenols is 1. The Morgan fingerprint density at radius 3 is 2.43 bits per heavy atom. The zero-order valence-electron chi connectivity index (χ0n) is 16.7. The zero-order chi connectivity index (χ0) is 22.3. The molecule has 2 rings (SSSR count). The van der Waals surface area contributed by atoms with Crippen LogP contribution in [0.5, 0.6) is 11.5 Å². The average molecular weight is 414 g/mol. The largest absolute Gasteiger partial charge is 0.502 e. The van der Waals surface area contributed by atoms with Crippen LogP contribution >= 0.6 is 0 Å². The number of hydrazone groups is 1. The van der Waals surface area contributed by atoms with Crippen LogP contribution in [-0.2, 0) is 4.79 Å². The number of hydrogen-bond donors (Lipinski definition) is 3. The minimum atomic E-state index is -0.856. The molecular weight excluding hydrogens is 392 g/mol. The van der Waals surface area contributed by atoms with Crippen molar-refractivity contribution in [1.82, 2.24) is 10.7 Å². The maximum absolute atomic E-state index is 12.5. The predicted molar refractivity (Wildman–Crippen MR) is 110 cm³/mol. The second-order valence-electron chi connectivity index (χ2n) is 6.66. The van der Waals surface area contributed by atoms with Gasteiger partial charge in [0.15, 0.2) is 5.75 Å². The molecule has 1 atom stereocenters. The minimum absolute atomic E-state index is 0.225. The second-order valence-corrected chi connectivity index (χ2v) is 6.66. The van der Waals surface area contributed by atoms with Crippen molar-refractivity contribution in [2.24, 2.45) is 11.0 Å². The molecule has 2 amide bonds. The Morgan fingerprint density at radius 2 is 1.87 bits per heavy atom. The molecule has 1 unspecified atom stereocenters. The smallest absolute Gasteiger partial charge is 0.311 e. The Labute approximate surface area is 172 Å². The molecule has 3 N–H and O–H groups in total. The van der Waals surface area contributed by atoms with E-state index in [4.69, 9.17) is 4.74 Å². The average Bonchev–Trinajstić information content (AvgIpc) is 2.72. The maximum atomic E-state index is 12.5. The van der Waals surface area contributed by atoms with Gasteiger partial charge in [-0.25, -0.2) is 5.43 Å². The topological polar surface area (TPSA) is 143 Å². The molecule has 2 aromatic carbocycles. The molecule has 2 aromatic rings. The summed E-state index contributed by atoms with van der Waals surface area (Å²) in [6, 6.07) is 9.28. The number of amides is 2. The maximum Gasteiger partial charge on any atom is 0.311 e. The summed E-state index contributed by atoms with van der Waals surface area (Å²) < 4.78 is 5.05. The van der Waals surface area contributed by atoms with Crippen molar-refractivity contribution < 1.29 is 24.4 Å². The highest BCUT2D eigenvalue weighted by molar-refractivity contribution is 5.97. The standard InChI is InChI=1S/C20H22N4O6/c1-12(2)18(22-19(26)14-5-7-15(30-3)8-6-14)20(27)23-21-11-13-4-9-17(25)16(10-13)24(28)29/h4-12,18,25H,1-3H3,(H,22,26)(H,23,27). The second kappa shape index (κ2) is 10.0. The molecule has 0 aliphatic rings. The number of carbonyl (C=O) groups excluding carboxylic acids is 2. The Bertz CT molecular complexity index is 956. The lowest BCUT2D eigenvalue weighted by atomic mass is 10.0. The first-order valence-electron chi connectivity index (χ1n) is 8.98. The van der Waals surface area contributed by atoms with Crippen molar-refractivity contribution in [2.45, 2.75) is 19.9 Å². The summed E-state index contributed by atoms with van der Waals surface area (Å²) in [6.07, 6.45) is 1.20. The monoisotopic (exact) mass is 414 g/mol. The number of ether oxygens (including phenoxy) is 1. The van der Waals surface area contributed by atoms with Gasteiger partial charge in [-0.2, -0.15) is 5.10 Å². The summed E-state index contributed by atoms with van der Waals surface area (Å²) in [5.74, 6) is -1.06. The molecule has 0 radical (unpaired) electrons. The molecule has 30 heavy (non-hydrogen) atoms. The van der Waals surface area contributed by atoms with E-state index >= 15 is 0 Å². The van der Waals surface area contributed by atoms with E-state index in [1.165, 1.54) is 19.4 Å². The van der Waals surface area contributed by atoms with Crippen LogP contribution in [-0.4, -0.2) is 41.2 Å². The molecule has 0 saturated heterocycles. The first-order valence-corrected chi connectivity index (χ1v) is 8.98. The van der Waals surface area contributed by atoms with Crippen LogP contribution in [0.1, 0.15) is 29.8 Å². The molecule has 0 fully saturated rings. The summed E-state index contributed by atoms with van der Waals surface area (Å²) in [7, 11) is 1.52. The Morgan fingerprint density at radius 1 is 1.20 bits per heavy atom.